The van der Waals surface area contributed by atoms with Gasteiger partial charge in [0.25, 0.3) is 0 Å². The van der Waals surface area contributed by atoms with Crippen LogP contribution in [0.25, 0.3) is 0 Å². The van der Waals surface area contributed by atoms with E-state index in [4.69, 9.17) is 55.9 Å². The molecular weight excluding hydrogens is 471 g/mol. The van der Waals surface area contributed by atoms with Crippen LogP contribution in [-0.4, -0.2) is 6.61 Å². The van der Waals surface area contributed by atoms with E-state index in [9.17, 15) is 4.39 Å². The molecule has 30 heavy (non-hydrogen) atoms. The van der Waals surface area contributed by atoms with Crippen molar-refractivity contribution < 1.29 is 13.9 Å². The Morgan fingerprint density at radius 2 is 1.60 bits per heavy atom. The quantitative estimate of drug-likeness (QED) is 0.348. The van der Waals surface area contributed by atoms with Gasteiger partial charge in [0.05, 0.1) is 21.7 Å². The fourth-order valence-electron chi connectivity index (χ4n) is 2.72. The van der Waals surface area contributed by atoms with E-state index in [1.807, 2.05) is 13.0 Å². The molecule has 8 heteroatoms. The molecule has 0 saturated heterocycles. The molecular formula is C22H18Cl4FNO2. The van der Waals surface area contributed by atoms with Gasteiger partial charge in [-0.1, -0.05) is 52.5 Å². The molecule has 1 N–H and O–H groups in total. The van der Waals surface area contributed by atoms with Gasteiger partial charge >= 0.3 is 0 Å². The molecule has 3 nitrogen and oxygen atoms in total. The van der Waals surface area contributed by atoms with Crippen LogP contribution in [-0.2, 0) is 13.2 Å². The number of rotatable bonds is 8. The minimum atomic E-state index is -0.436. The van der Waals surface area contributed by atoms with Gasteiger partial charge in [0, 0.05) is 28.9 Å². The second-order valence-corrected chi connectivity index (χ2v) is 7.92. The monoisotopic (exact) mass is 487 g/mol. The molecule has 0 aliphatic heterocycles. The van der Waals surface area contributed by atoms with Gasteiger partial charge < -0.3 is 14.8 Å². The topological polar surface area (TPSA) is 30.5 Å². The van der Waals surface area contributed by atoms with Crippen LogP contribution in [0.4, 0.5) is 10.1 Å². The van der Waals surface area contributed by atoms with E-state index in [0.29, 0.717) is 44.7 Å². The van der Waals surface area contributed by atoms with E-state index in [-0.39, 0.29) is 12.2 Å². The molecule has 0 fully saturated rings. The summed E-state index contributed by atoms with van der Waals surface area (Å²) < 4.78 is 25.5. The first-order valence-electron chi connectivity index (χ1n) is 9.09. The van der Waals surface area contributed by atoms with Gasteiger partial charge in [-0.3, -0.25) is 0 Å². The van der Waals surface area contributed by atoms with Crippen molar-refractivity contribution in [1.29, 1.82) is 0 Å². The summed E-state index contributed by atoms with van der Waals surface area (Å²) >= 11 is 24.5. The molecule has 0 radical (unpaired) electrons. The number of hydrogen-bond acceptors (Lipinski definition) is 3. The Labute approximate surface area is 194 Å². The molecule has 0 saturated carbocycles. The van der Waals surface area contributed by atoms with Crippen LogP contribution in [0.15, 0.2) is 48.5 Å². The molecule has 0 atom stereocenters. The van der Waals surface area contributed by atoms with Gasteiger partial charge in [0.15, 0.2) is 11.5 Å². The van der Waals surface area contributed by atoms with Crippen LogP contribution < -0.4 is 14.8 Å². The SMILES string of the molecule is CCOc1cc(CNc2ccc(Cl)c(Cl)c2)c(Cl)cc1OCc1c(F)cccc1Cl. The van der Waals surface area contributed by atoms with Crippen molar-refractivity contribution in [3.8, 4) is 11.5 Å². The van der Waals surface area contributed by atoms with Crippen molar-refractivity contribution in [2.45, 2.75) is 20.1 Å². The molecule has 3 rings (SSSR count). The highest BCUT2D eigenvalue weighted by atomic mass is 35.5. The summed E-state index contributed by atoms with van der Waals surface area (Å²) in [4.78, 5) is 0. The van der Waals surface area contributed by atoms with Crippen molar-refractivity contribution in [2.75, 3.05) is 11.9 Å². The Balaban J connectivity index is 1.78. The minimum Gasteiger partial charge on any atom is -0.490 e. The highest BCUT2D eigenvalue weighted by molar-refractivity contribution is 6.42. The van der Waals surface area contributed by atoms with E-state index >= 15 is 0 Å². The van der Waals surface area contributed by atoms with Crippen molar-refractivity contribution in [1.82, 2.24) is 0 Å². The van der Waals surface area contributed by atoms with Gasteiger partial charge in [-0.15, -0.1) is 0 Å². The summed E-state index contributed by atoms with van der Waals surface area (Å²) in [6.07, 6.45) is 0. The molecule has 0 aromatic heterocycles. The maximum Gasteiger partial charge on any atom is 0.163 e. The molecule has 3 aromatic carbocycles. The van der Waals surface area contributed by atoms with E-state index in [2.05, 4.69) is 5.32 Å². The zero-order chi connectivity index (χ0) is 21.7. The van der Waals surface area contributed by atoms with Crippen LogP contribution in [0.3, 0.4) is 0 Å². The molecule has 158 valence electrons. The van der Waals surface area contributed by atoms with Crippen molar-refractivity contribution in [3.05, 3.63) is 85.6 Å². The zero-order valence-electron chi connectivity index (χ0n) is 15.9. The summed E-state index contributed by atoms with van der Waals surface area (Å²) in [6, 6.07) is 13.2. The fraction of sp³-hybridized carbons (Fsp3) is 0.182. The van der Waals surface area contributed by atoms with Gasteiger partial charge in [-0.05, 0) is 48.9 Å². The summed E-state index contributed by atoms with van der Waals surface area (Å²) in [5.74, 6) is 0.466. The predicted molar refractivity (Wildman–Crippen MR) is 122 cm³/mol. The van der Waals surface area contributed by atoms with E-state index < -0.39 is 5.82 Å². The Bertz CT molecular complexity index is 1030. The summed E-state index contributed by atoms with van der Waals surface area (Å²) in [5.41, 5.74) is 1.86. The third-order valence-electron chi connectivity index (χ3n) is 4.25. The average Bonchev–Trinajstić information content (AvgIpc) is 2.71. The number of ether oxygens (including phenoxy) is 2. The molecule has 0 spiro atoms. The normalized spacial score (nSPS) is 10.7. The number of anilines is 1. The summed E-state index contributed by atoms with van der Waals surface area (Å²) in [6.45, 7) is 2.66. The lowest BCUT2D eigenvalue weighted by atomic mass is 10.2. The first-order valence-corrected chi connectivity index (χ1v) is 10.6. The largest absolute Gasteiger partial charge is 0.490 e. The summed E-state index contributed by atoms with van der Waals surface area (Å²) in [5, 5.41) is 4.94. The second kappa shape index (κ2) is 10.5. The molecule has 0 bridgehead atoms. The van der Waals surface area contributed by atoms with Gasteiger partial charge in [0.2, 0.25) is 0 Å². The lowest BCUT2D eigenvalue weighted by Gasteiger charge is -2.16. The van der Waals surface area contributed by atoms with Crippen LogP contribution in [0.5, 0.6) is 11.5 Å². The number of halogens is 5. The smallest absolute Gasteiger partial charge is 0.163 e. The maximum atomic E-state index is 14.0. The first-order chi connectivity index (χ1) is 14.4. The van der Waals surface area contributed by atoms with Crippen LogP contribution in [0, 0.1) is 5.82 Å². The molecule has 3 aromatic rings. The average molecular weight is 489 g/mol. The zero-order valence-corrected chi connectivity index (χ0v) is 19.0. The second-order valence-electron chi connectivity index (χ2n) is 6.29. The highest BCUT2D eigenvalue weighted by Gasteiger charge is 2.14. The highest BCUT2D eigenvalue weighted by Crippen LogP contribution is 2.35. The van der Waals surface area contributed by atoms with Gasteiger partial charge in [-0.25, -0.2) is 4.39 Å². The fourth-order valence-corrected chi connectivity index (χ4v) is 3.45. The van der Waals surface area contributed by atoms with E-state index in [1.54, 1.807) is 36.4 Å². The Morgan fingerprint density at radius 1 is 0.833 bits per heavy atom. The first kappa shape index (κ1) is 22.8. The number of hydrogen-bond donors (Lipinski definition) is 1. The third kappa shape index (κ3) is 5.64. The Morgan fingerprint density at radius 3 is 2.30 bits per heavy atom. The standard InChI is InChI=1S/C22H18Cl4FNO2/c1-2-29-21-8-13(11-28-14-6-7-17(24)19(26)9-14)18(25)10-22(21)30-12-15-16(23)4-3-5-20(15)27/h3-10,28H,2,11-12H2,1H3. The predicted octanol–water partition coefficient (Wildman–Crippen LogP) is 8.03. The van der Waals surface area contributed by atoms with Gasteiger partial charge in [0.1, 0.15) is 12.4 Å². The molecule has 0 aliphatic rings. The van der Waals surface area contributed by atoms with Gasteiger partial charge in [-0.2, -0.15) is 0 Å². The molecule has 0 heterocycles. The van der Waals surface area contributed by atoms with Crippen LogP contribution in [0.2, 0.25) is 20.1 Å². The lowest BCUT2D eigenvalue weighted by molar-refractivity contribution is 0.265. The Kier molecular flexibility index (Phi) is 7.95. The van der Waals surface area contributed by atoms with Crippen LogP contribution >= 0.6 is 46.4 Å². The lowest BCUT2D eigenvalue weighted by Crippen LogP contribution is -2.05. The molecule has 0 amide bonds. The van der Waals surface area contributed by atoms with E-state index in [0.717, 1.165) is 11.3 Å². The van der Waals surface area contributed by atoms with Crippen LogP contribution in [0.1, 0.15) is 18.1 Å². The third-order valence-corrected chi connectivity index (χ3v) is 5.69. The summed E-state index contributed by atoms with van der Waals surface area (Å²) in [7, 11) is 0. The van der Waals surface area contributed by atoms with Crippen molar-refractivity contribution in [2.24, 2.45) is 0 Å². The maximum absolute atomic E-state index is 14.0. The van der Waals surface area contributed by atoms with Crippen molar-refractivity contribution >= 4 is 52.1 Å². The number of nitrogens with one attached hydrogen (secondary N) is 1. The number of benzene rings is 3. The van der Waals surface area contributed by atoms with Crippen molar-refractivity contribution in [3.63, 3.8) is 0 Å². The molecule has 0 unspecified atom stereocenters. The Hall–Kier alpha value is -1.85. The van der Waals surface area contributed by atoms with E-state index in [1.165, 1.54) is 6.07 Å². The molecule has 0 aliphatic carbocycles. The minimum absolute atomic E-state index is 0.0528.